The van der Waals surface area contributed by atoms with Gasteiger partial charge in [-0.1, -0.05) is 23.6 Å². The van der Waals surface area contributed by atoms with Crippen LogP contribution in [0, 0.1) is 19.3 Å². The minimum atomic E-state index is -0.322. The molecule has 0 aromatic heterocycles. The van der Waals surface area contributed by atoms with E-state index in [1.54, 1.807) is 36.5 Å². The zero-order valence-corrected chi connectivity index (χ0v) is 13.3. The first-order valence-corrected chi connectivity index (χ1v) is 7.24. The molecule has 0 saturated heterocycles. The van der Waals surface area contributed by atoms with Gasteiger partial charge in [-0.3, -0.25) is 4.79 Å². The number of hydrazone groups is 1. The largest absolute Gasteiger partial charge is 0.481 e. The van der Waals surface area contributed by atoms with Gasteiger partial charge >= 0.3 is 0 Å². The molecule has 23 heavy (non-hydrogen) atoms. The summed E-state index contributed by atoms with van der Waals surface area (Å²) in [6.07, 6.45) is 6.66. The predicted octanol–water partition coefficient (Wildman–Crippen LogP) is 3.42. The zero-order valence-electron chi connectivity index (χ0n) is 12.5. The van der Waals surface area contributed by atoms with E-state index in [9.17, 15) is 4.79 Å². The molecule has 0 aliphatic rings. The number of ether oxygens (including phenoxy) is 1. The second-order valence-corrected chi connectivity index (χ2v) is 5.13. The second-order valence-electron chi connectivity index (χ2n) is 4.72. The Hall–Kier alpha value is -2.77. The van der Waals surface area contributed by atoms with Crippen LogP contribution >= 0.6 is 11.6 Å². The van der Waals surface area contributed by atoms with E-state index in [1.165, 1.54) is 0 Å². The summed E-state index contributed by atoms with van der Waals surface area (Å²) < 4.78 is 5.27. The summed E-state index contributed by atoms with van der Waals surface area (Å²) in [6, 6.07) is 12.3. The third kappa shape index (κ3) is 4.87. The average molecular weight is 327 g/mol. The number of rotatable bonds is 5. The van der Waals surface area contributed by atoms with E-state index < -0.39 is 0 Å². The zero-order chi connectivity index (χ0) is 16.7. The van der Waals surface area contributed by atoms with Crippen LogP contribution in [0.15, 0.2) is 47.6 Å². The third-order valence-corrected chi connectivity index (χ3v) is 3.42. The van der Waals surface area contributed by atoms with Gasteiger partial charge in [-0.05, 0) is 54.4 Å². The maximum Gasteiger partial charge on any atom is 0.271 e. The Morgan fingerprint density at radius 3 is 2.74 bits per heavy atom. The normalized spacial score (nSPS) is 10.3. The number of hydrogen-bond acceptors (Lipinski definition) is 3. The summed E-state index contributed by atoms with van der Waals surface area (Å²) in [5.74, 6) is 2.75. The molecule has 2 aromatic rings. The van der Waals surface area contributed by atoms with Gasteiger partial charge in [0.05, 0.1) is 6.21 Å². The summed E-state index contributed by atoms with van der Waals surface area (Å²) in [5, 5.41) is 4.47. The summed E-state index contributed by atoms with van der Waals surface area (Å²) in [6.45, 7) is 2.10. The lowest BCUT2D eigenvalue weighted by atomic mass is 10.1. The summed E-state index contributed by atoms with van der Waals surface area (Å²) in [7, 11) is 0. The van der Waals surface area contributed by atoms with Crippen molar-refractivity contribution in [2.45, 2.75) is 6.92 Å². The van der Waals surface area contributed by atoms with Gasteiger partial charge in [0.2, 0.25) is 0 Å². The van der Waals surface area contributed by atoms with Crippen molar-refractivity contribution in [3.8, 4) is 18.1 Å². The van der Waals surface area contributed by atoms with Crippen LogP contribution in [-0.2, 0) is 0 Å². The molecule has 2 rings (SSSR count). The third-order valence-electron chi connectivity index (χ3n) is 3.02. The molecular formula is C18H15ClN2O2. The molecule has 0 aliphatic carbocycles. The van der Waals surface area contributed by atoms with Gasteiger partial charge < -0.3 is 4.74 Å². The van der Waals surface area contributed by atoms with Crippen LogP contribution in [0.25, 0.3) is 0 Å². The molecule has 0 fully saturated rings. The Bertz CT molecular complexity index is 762. The Morgan fingerprint density at radius 1 is 1.35 bits per heavy atom. The molecule has 5 heteroatoms. The van der Waals surface area contributed by atoms with Crippen LogP contribution in [0.5, 0.6) is 5.75 Å². The van der Waals surface area contributed by atoms with Crippen molar-refractivity contribution in [2.75, 3.05) is 6.61 Å². The van der Waals surface area contributed by atoms with E-state index in [2.05, 4.69) is 16.4 Å². The number of nitrogens with zero attached hydrogens (tertiary/aromatic N) is 1. The molecule has 4 nitrogen and oxygen atoms in total. The maximum atomic E-state index is 11.9. The van der Waals surface area contributed by atoms with Gasteiger partial charge in [-0.15, -0.1) is 6.42 Å². The van der Waals surface area contributed by atoms with Crippen molar-refractivity contribution in [1.29, 1.82) is 0 Å². The first-order chi connectivity index (χ1) is 11.1. The van der Waals surface area contributed by atoms with Crippen molar-refractivity contribution < 1.29 is 9.53 Å². The lowest BCUT2D eigenvalue weighted by molar-refractivity contribution is 0.0955. The van der Waals surface area contributed by atoms with Crippen molar-refractivity contribution >= 4 is 23.7 Å². The molecule has 2 aromatic carbocycles. The second kappa shape index (κ2) is 8.02. The Balaban J connectivity index is 1.94. The minimum absolute atomic E-state index is 0.225. The lowest BCUT2D eigenvalue weighted by Crippen LogP contribution is -2.17. The highest BCUT2D eigenvalue weighted by Crippen LogP contribution is 2.16. The van der Waals surface area contributed by atoms with Gasteiger partial charge in [-0.25, -0.2) is 5.43 Å². The fourth-order valence-electron chi connectivity index (χ4n) is 1.74. The number of nitrogens with one attached hydrogen (secondary N) is 1. The van der Waals surface area contributed by atoms with E-state index in [-0.39, 0.29) is 12.5 Å². The molecule has 0 unspecified atom stereocenters. The molecule has 116 valence electrons. The standard InChI is InChI=1S/C18H15ClN2O2/c1-3-10-23-16-8-5-14(6-9-16)12-20-21-18(22)15-7-4-13(2)17(19)11-15/h1,4-9,11-12H,10H2,2H3,(H,21,22)/b20-12-. The SMILES string of the molecule is C#CCOc1ccc(/C=N\NC(=O)c2ccc(C)c(Cl)c2)cc1. The number of carbonyl (C=O) groups excluding carboxylic acids is 1. The van der Waals surface area contributed by atoms with Gasteiger partial charge in [0.25, 0.3) is 5.91 Å². The molecular weight excluding hydrogens is 312 g/mol. The quantitative estimate of drug-likeness (QED) is 0.520. The first-order valence-electron chi connectivity index (χ1n) is 6.86. The smallest absolute Gasteiger partial charge is 0.271 e. The van der Waals surface area contributed by atoms with Crippen LogP contribution < -0.4 is 10.2 Å². The van der Waals surface area contributed by atoms with Gasteiger partial charge in [-0.2, -0.15) is 5.10 Å². The van der Waals surface area contributed by atoms with Crippen molar-refractivity contribution in [2.24, 2.45) is 5.10 Å². The molecule has 0 saturated carbocycles. The van der Waals surface area contributed by atoms with E-state index in [1.807, 2.05) is 19.1 Å². The topological polar surface area (TPSA) is 50.7 Å². The highest BCUT2D eigenvalue weighted by Gasteiger charge is 2.05. The molecule has 0 heterocycles. The van der Waals surface area contributed by atoms with E-state index in [0.29, 0.717) is 16.3 Å². The highest BCUT2D eigenvalue weighted by atomic mass is 35.5. The molecule has 0 bridgehead atoms. The van der Waals surface area contributed by atoms with Gasteiger partial charge in [0.1, 0.15) is 12.4 Å². The number of benzene rings is 2. The predicted molar refractivity (Wildman–Crippen MR) is 92.0 cm³/mol. The average Bonchev–Trinajstić information content (AvgIpc) is 2.56. The van der Waals surface area contributed by atoms with E-state index >= 15 is 0 Å². The molecule has 1 amide bonds. The van der Waals surface area contributed by atoms with Crippen molar-refractivity contribution in [3.05, 3.63) is 64.2 Å². The van der Waals surface area contributed by atoms with Crippen molar-refractivity contribution in [1.82, 2.24) is 5.43 Å². The molecule has 0 radical (unpaired) electrons. The number of aryl methyl sites for hydroxylation is 1. The monoisotopic (exact) mass is 326 g/mol. The molecule has 0 aliphatic heterocycles. The summed E-state index contributed by atoms with van der Waals surface area (Å²) >= 11 is 6.00. The van der Waals surface area contributed by atoms with E-state index in [0.717, 1.165) is 11.1 Å². The molecule has 0 atom stereocenters. The number of carbonyl (C=O) groups is 1. The lowest BCUT2D eigenvalue weighted by Gasteiger charge is -2.03. The Kier molecular flexibility index (Phi) is 5.79. The van der Waals surface area contributed by atoms with E-state index in [4.69, 9.17) is 22.8 Å². The number of hydrogen-bond donors (Lipinski definition) is 1. The van der Waals surface area contributed by atoms with Crippen LogP contribution in [0.1, 0.15) is 21.5 Å². The first kappa shape index (κ1) is 16.6. The summed E-state index contributed by atoms with van der Waals surface area (Å²) in [4.78, 5) is 11.9. The number of amides is 1. The highest BCUT2D eigenvalue weighted by molar-refractivity contribution is 6.31. The Morgan fingerprint density at radius 2 is 2.09 bits per heavy atom. The van der Waals surface area contributed by atoms with Crippen LogP contribution in [0.4, 0.5) is 0 Å². The van der Waals surface area contributed by atoms with Gasteiger partial charge in [0, 0.05) is 10.6 Å². The van der Waals surface area contributed by atoms with Crippen LogP contribution in [0.3, 0.4) is 0 Å². The van der Waals surface area contributed by atoms with Crippen LogP contribution in [0.2, 0.25) is 5.02 Å². The summed E-state index contributed by atoms with van der Waals surface area (Å²) in [5.41, 5.74) is 4.65. The van der Waals surface area contributed by atoms with Crippen LogP contribution in [-0.4, -0.2) is 18.7 Å². The molecule has 1 N–H and O–H groups in total. The van der Waals surface area contributed by atoms with Gasteiger partial charge in [0.15, 0.2) is 0 Å². The Labute approximate surface area is 140 Å². The van der Waals surface area contributed by atoms with Crippen molar-refractivity contribution in [3.63, 3.8) is 0 Å². The molecule has 0 spiro atoms. The maximum absolute atomic E-state index is 11.9. The fraction of sp³-hybridized carbons (Fsp3) is 0.111. The minimum Gasteiger partial charge on any atom is -0.481 e. The number of halogens is 1. The number of terminal acetylenes is 1. The fourth-order valence-corrected chi connectivity index (χ4v) is 1.92.